The van der Waals surface area contributed by atoms with E-state index in [2.05, 4.69) is 30.4 Å². The molecule has 1 aromatic carbocycles. The standard InChI is InChI=1S/C17H25F2NO/c1-2-20-16(9-10-21-12-17(18)19)15-8-7-13-5-3-4-6-14(13)11-15/h7-8,11,16-17,20H,2-6,9-10,12H2,1H3. The molecule has 1 aliphatic rings. The third kappa shape index (κ3) is 5.04. The summed E-state index contributed by atoms with van der Waals surface area (Å²) in [5.41, 5.74) is 4.17. The molecule has 0 amide bonds. The van der Waals surface area contributed by atoms with Gasteiger partial charge >= 0.3 is 0 Å². The van der Waals surface area contributed by atoms with Crippen molar-refractivity contribution in [3.05, 3.63) is 34.9 Å². The molecular formula is C17H25F2NO. The van der Waals surface area contributed by atoms with E-state index in [1.807, 2.05) is 0 Å². The molecule has 0 fully saturated rings. The van der Waals surface area contributed by atoms with E-state index in [0.29, 0.717) is 6.61 Å². The molecule has 1 N–H and O–H groups in total. The Balaban J connectivity index is 1.96. The van der Waals surface area contributed by atoms with Crippen molar-refractivity contribution in [3.8, 4) is 0 Å². The van der Waals surface area contributed by atoms with E-state index in [1.165, 1.54) is 36.0 Å². The van der Waals surface area contributed by atoms with Gasteiger partial charge in [-0.05, 0) is 55.3 Å². The van der Waals surface area contributed by atoms with Gasteiger partial charge in [0.25, 0.3) is 6.43 Å². The van der Waals surface area contributed by atoms with Crippen LogP contribution in [0.4, 0.5) is 8.78 Å². The number of hydrogen-bond donors (Lipinski definition) is 1. The van der Waals surface area contributed by atoms with Crippen molar-refractivity contribution in [2.24, 2.45) is 0 Å². The lowest BCUT2D eigenvalue weighted by atomic mass is 9.88. The summed E-state index contributed by atoms with van der Waals surface area (Å²) in [4.78, 5) is 0. The maximum atomic E-state index is 12.1. The highest BCUT2D eigenvalue weighted by atomic mass is 19.3. The Morgan fingerprint density at radius 2 is 1.95 bits per heavy atom. The number of alkyl halides is 2. The van der Waals surface area contributed by atoms with E-state index in [0.717, 1.165) is 19.4 Å². The molecule has 2 rings (SSSR count). The van der Waals surface area contributed by atoms with Crippen LogP contribution in [0.2, 0.25) is 0 Å². The zero-order chi connectivity index (χ0) is 15.1. The first-order valence-electron chi connectivity index (χ1n) is 7.91. The predicted octanol–water partition coefficient (Wildman–Crippen LogP) is 3.89. The molecule has 0 heterocycles. The van der Waals surface area contributed by atoms with E-state index in [-0.39, 0.29) is 6.04 Å². The summed E-state index contributed by atoms with van der Waals surface area (Å²) in [5.74, 6) is 0. The van der Waals surface area contributed by atoms with Crippen LogP contribution in [0.25, 0.3) is 0 Å². The van der Waals surface area contributed by atoms with Gasteiger partial charge in [-0.25, -0.2) is 8.78 Å². The molecule has 1 aromatic rings. The Morgan fingerprint density at radius 3 is 2.67 bits per heavy atom. The van der Waals surface area contributed by atoms with Crippen molar-refractivity contribution >= 4 is 0 Å². The summed E-state index contributed by atoms with van der Waals surface area (Å²) < 4.78 is 29.2. The molecule has 118 valence electrons. The van der Waals surface area contributed by atoms with Crippen molar-refractivity contribution in [1.29, 1.82) is 0 Å². The molecule has 0 bridgehead atoms. The molecular weight excluding hydrogens is 272 g/mol. The fourth-order valence-electron chi connectivity index (χ4n) is 2.98. The van der Waals surface area contributed by atoms with Crippen molar-refractivity contribution < 1.29 is 13.5 Å². The molecule has 0 saturated carbocycles. The van der Waals surface area contributed by atoms with Crippen LogP contribution in [-0.4, -0.2) is 26.2 Å². The highest BCUT2D eigenvalue weighted by Gasteiger charge is 2.15. The number of benzene rings is 1. The van der Waals surface area contributed by atoms with Crippen molar-refractivity contribution in [3.63, 3.8) is 0 Å². The SMILES string of the molecule is CCNC(CCOCC(F)F)c1ccc2c(c1)CCCC2. The average molecular weight is 297 g/mol. The van der Waals surface area contributed by atoms with Gasteiger partial charge in [-0.2, -0.15) is 0 Å². The molecule has 1 atom stereocenters. The van der Waals surface area contributed by atoms with Gasteiger partial charge in [0.1, 0.15) is 6.61 Å². The Hall–Kier alpha value is -1.00. The highest BCUT2D eigenvalue weighted by Crippen LogP contribution is 2.26. The average Bonchev–Trinajstić information content (AvgIpc) is 2.49. The molecule has 0 saturated heterocycles. The van der Waals surface area contributed by atoms with Crippen molar-refractivity contribution in [2.45, 2.75) is 51.5 Å². The van der Waals surface area contributed by atoms with Crippen LogP contribution in [-0.2, 0) is 17.6 Å². The summed E-state index contributed by atoms with van der Waals surface area (Å²) in [7, 11) is 0. The minimum atomic E-state index is -2.38. The molecule has 0 aromatic heterocycles. The summed E-state index contributed by atoms with van der Waals surface area (Å²) in [5, 5.41) is 3.43. The van der Waals surface area contributed by atoms with E-state index in [9.17, 15) is 8.78 Å². The number of nitrogens with one attached hydrogen (secondary N) is 1. The molecule has 4 heteroatoms. The Labute approximate surface area is 125 Å². The zero-order valence-corrected chi connectivity index (χ0v) is 12.7. The van der Waals surface area contributed by atoms with Gasteiger partial charge in [-0.3, -0.25) is 0 Å². The van der Waals surface area contributed by atoms with Crippen LogP contribution < -0.4 is 5.32 Å². The molecule has 21 heavy (non-hydrogen) atoms. The lowest BCUT2D eigenvalue weighted by molar-refractivity contribution is 0.0144. The van der Waals surface area contributed by atoms with Gasteiger partial charge in [0.05, 0.1) is 0 Å². The maximum absolute atomic E-state index is 12.1. The molecule has 1 unspecified atom stereocenters. The minimum absolute atomic E-state index is 0.180. The van der Waals surface area contributed by atoms with Gasteiger partial charge < -0.3 is 10.1 Å². The zero-order valence-electron chi connectivity index (χ0n) is 12.7. The fourth-order valence-corrected chi connectivity index (χ4v) is 2.98. The fraction of sp³-hybridized carbons (Fsp3) is 0.647. The topological polar surface area (TPSA) is 21.3 Å². The van der Waals surface area contributed by atoms with E-state index in [4.69, 9.17) is 4.74 Å². The number of fused-ring (bicyclic) bond motifs is 1. The Bertz CT molecular complexity index is 437. The number of hydrogen-bond acceptors (Lipinski definition) is 2. The second-order valence-electron chi connectivity index (χ2n) is 5.60. The number of aryl methyl sites for hydroxylation is 2. The lowest BCUT2D eigenvalue weighted by Gasteiger charge is -2.22. The van der Waals surface area contributed by atoms with Crippen LogP contribution in [0, 0.1) is 0 Å². The van der Waals surface area contributed by atoms with Gasteiger partial charge in [-0.1, -0.05) is 25.1 Å². The summed E-state index contributed by atoms with van der Waals surface area (Å²) >= 11 is 0. The van der Waals surface area contributed by atoms with E-state index >= 15 is 0 Å². The quantitative estimate of drug-likeness (QED) is 0.735. The molecule has 2 nitrogen and oxygen atoms in total. The summed E-state index contributed by atoms with van der Waals surface area (Å²) in [6.07, 6.45) is 3.22. The highest BCUT2D eigenvalue weighted by molar-refractivity contribution is 5.35. The van der Waals surface area contributed by atoms with Crippen LogP contribution in [0.1, 0.15) is 48.9 Å². The molecule has 0 radical (unpaired) electrons. The van der Waals surface area contributed by atoms with Gasteiger partial charge in [0.15, 0.2) is 0 Å². The summed E-state index contributed by atoms with van der Waals surface area (Å²) in [6, 6.07) is 6.87. The largest absolute Gasteiger partial charge is 0.375 e. The van der Waals surface area contributed by atoms with Gasteiger partial charge in [0, 0.05) is 12.6 Å². The van der Waals surface area contributed by atoms with Crippen LogP contribution in [0.5, 0.6) is 0 Å². The number of halogens is 2. The van der Waals surface area contributed by atoms with Crippen molar-refractivity contribution in [1.82, 2.24) is 5.32 Å². The Kier molecular flexibility index (Phi) is 6.58. The first-order chi connectivity index (χ1) is 10.2. The minimum Gasteiger partial charge on any atom is -0.375 e. The normalized spacial score (nSPS) is 16.0. The maximum Gasteiger partial charge on any atom is 0.261 e. The van der Waals surface area contributed by atoms with Crippen molar-refractivity contribution in [2.75, 3.05) is 19.8 Å². The molecule has 1 aliphatic carbocycles. The lowest BCUT2D eigenvalue weighted by Crippen LogP contribution is -2.23. The molecule has 0 aliphatic heterocycles. The van der Waals surface area contributed by atoms with Crippen LogP contribution in [0.15, 0.2) is 18.2 Å². The summed E-state index contributed by atoms with van der Waals surface area (Å²) in [6.45, 7) is 2.81. The third-order valence-electron chi connectivity index (χ3n) is 4.02. The molecule has 0 spiro atoms. The second kappa shape index (κ2) is 8.44. The van der Waals surface area contributed by atoms with E-state index < -0.39 is 13.0 Å². The van der Waals surface area contributed by atoms with Crippen LogP contribution >= 0.6 is 0 Å². The predicted molar refractivity (Wildman–Crippen MR) is 80.9 cm³/mol. The first kappa shape index (κ1) is 16.4. The van der Waals surface area contributed by atoms with Gasteiger partial charge in [0.2, 0.25) is 0 Å². The van der Waals surface area contributed by atoms with Crippen LogP contribution in [0.3, 0.4) is 0 Å². The second-order valence-corrected chi connectivity index (χ2v) is 5.60. The van der Waals surface area contributed by atoms with Gasteiger partial charge in [-0.15, -0.1) is 0 Å². The number of rotatable bonds is 8. The number of ether oxygens (including phenoxy) is 1. The Morgan fingerprint density at radius 1 is 1.19 bits per heavy atom. The first-order valence-corrected chi connectivity index (χ1v) is 7.91. The van der Waals surface area contributed by atoms with E-state index in [1.54, 1.807) is 0 Å². The monoisotopic (exact) mass is 297 g/mol. The smallest absolute Gasteiger partial charge is 0.261 e. The third-order valence-corrected chi connectivity index (χ3v) is 4.02.